The van der Waals surface area contributed by atoms with Gasteiger partial charge in [-0.1, -0.05) is 12.1 Å². The first-order valence-electron chi connectivity index (χ1n) is 7.65. The van der Waals surface area contributed by atoms with Gasteiger partial charge < -0.3 is 14.4 Å². The minimum absolute atomic E-state index is 0.0801. The second-order valence-electron chi connectivity index (χ2n) is 5.76. The molecule has 1 amide bonds. The molecule has 2 unspecified atom stereocenters. The number of benzene rings is 1. The quantitative estimate of drug-likeness (QED) is 0.837. The van der Waals surface area contributed by atoms with Crippen molar-refractivity contribution in [1.29, 1.82) is 0 Å². The van der Waals surface area contributed by atoms with E-state index >= 15 is 0 Å². The van der Waals surface area contributed by atoms with Crippen LogP contribution in [0.2, 0.25) is 0 Å². The summed E-state index contributed by atoms with van der Waals surface area (Å²) in [7, 11) is 0. The number of carbonyl (C=O) groups is 1. The third-order valence-electron chi connectivity index (χ3n) is 4.22. The molecule has 1 aromatic carbocycles. The molecule has 1 aromatic rings. The van der Waals surface area contributed by atoms with Crippen molar-refractivity contribution in [1.82, 2.24) is 4.90 Å². The van der Waals surface area contributed by atoms with Crippen LogP contribution >= 0.6 is 0 Å². The van der Waals surface area contributed by atoms with Crippen LogP contribution in [0, 0.1) is 0 Å². The molecule has 0 saturated carbocycles. The van der Waals surface area contributed by atoms with Gasteiger partial charge in [-0.05, 0) is 25.0 Å². The normalized spacial score (nSPS) is 25.6. The molecule has 126 valence electrons. The molecule has 0 aromatic heterocycles. The van der Waals surface area contributed by atoms with E-state index in [1.807, 2.05) is 0 Å². The lowest BCUT2D eigenvalue weighted by molar-refractivity contribution is -0.138. The third kappa shape index (κ3) is 3.50. The number of alkyl halides is 3. The van der Waals surface area contributed by atoms with Crippen LogP contribution in [0.3, 0.4) is 0 Å². The maximum absolute atomic E-state index is 13.1. The van der Waals surface area contributed by atoms with Crippen LogP contribution in [0.5, 0.6) is 0 Å². The molecule has 0 spiro atoms. The fourth-order valence-electron chi connectivity index (χ4n) is 3.07. The Morgan fingerprint density at radius 2 is 1.87 bits per heavy atom. The highest BCUT2D eigenvalue weighted by molar-refractivity contribution is 5.96. The summed E-state index contributed by atoms with van der Waals surface area (Å²) >= 11 is 0. The summed E-state index contributed by atoms with van der Waals surface area (Å²) in [4.78, 5) is 14.0. The molecule has 0 radical (unpaired) electrons. The maximum atomic E-state index is 13.1. The van der Waals surface area contributed by atoms with Crippen LogP contribution < -0.4 is 0 Å². The second-order valence-corrected chi connectivity index (χ2v) is 5.76. The lowest BCUT2D eigenvalue weighted by Gasteiger charge is -2.35. The molecular formula is C16H18F3NO3. The summed E-state index contributed by atoms with van der Waals surface area (Å²) in [6.45, 7) is 1.52. The van der Waals surface area contributed by atoms with Crippen LogP contribution in [-0.2, 0) is 15.7 Å². The second kappa shape index (κ2) is 6.49. The molecule has 0 bridgehead atoms. The van der Waals surface area contributed by atoms with Gasteiger partial charge in [0.05, 0.1) is 23.8 Å². The van der Waals surface area contributed by atoms with E-state index in [9.17, 15) is 18.0 Å². The first kappa shape index (κ1) is 16.3. The zero-order valence-electron chi connectivity index (χ0n) is 12.5. The standard InChI is InChI=1S/C16H18F3NO3/c17-16(18,19)12-5-2-1-4-11(12)15(21)20-7-9-23-14(10-20)13-6-3-8-22-13/h1-2,4-5,13-14H,3,6-10H2. The first-order chi connectivity index (χ1) is 11.0. The molecule has 4 nitrogen and oxygen atoms in total. The number of hydrogen-bond acceptors (Lipinski definition) is 3. The number of morpholine rings is 1. The molecular weight excluding hydrogens is 311 g/mol. The van der Waals surface area contributed by atoms with E-state index in [1.54, 1.807) is 0 Å². The van der Waals surface area contributed by atoms with Crippen LogP contribution in [0.25, 0.3) is 0 Å². The van der Waals surface area contributed by atoms with E-state index in [2.05, 4.69) is 0 Å². The Morgan fingerprint density at radius 1 is 1.13 bits per heavy atom. The third-order valence-corrected chi connectivity index (χ3v) is 4.22. The van der Waals surface area contributed by atoms with Gasteiger partial charge in [-0.25, -0.2) is 0 Å². The van der Waals surface area contributed by atoms with Crippen LogP contribution in [0.4, 0.5) is 13.2 Å². The Hall–Kier alpha value is -1.60. The first-order valence-corrected chi connectivity index (χ1v) is 7.65. The summed E-state index contributed by atoms with van der Waals surface area (Å²) in [5, 5.41) is 0. The zero-order valence-corrected chi connectivity index (χ0v) is 12.5. The van der Waals surface area contributed by atoms with Crippen LogP contribution in [-0.4, -0.2) is 49.3 Å². The van der Waals surface area contributed by atoms with Crippen molar-refractivity contribution in [3.05, 3.63) is 35.4 Å². The Labute approximate surface area is 132 Å². The smallest absolute Gasteiger partial charge is 0.375 e. The number of hydrogen-bond donors (Lipinski definition) is 0. The van der Waals surface area contributed by atoms with Crippen molar-refractivity contribution >= 4 is 5.91 Å². The molecule has 2 aliphatic rings. The van der Waals surface area contributed by atoms with E-state index in [-0.39, 0.29) is 30.9 Å². The lowest BCUT2D eigenvalue weighted by Crippen LogP contribution is -2.50. The number of rotatable bonds is 2. The number of nitrogens with zero attached hydrogens (tertiary/aromatic N) is 1. The Kier molecular flexibility index (Phi) is 4.59. The van der Waals surface area contributed by atoms with Gasteiger partial charge in [0, 0.05) is 19.7 Å². The monoisotopic (exact) mass is 329 g/mol. The molecule has 2 heterocycles. The van der Waals surface area contributed by atoms with Gasteiger partial charge in [-0.2, -0.15) is 13.2 Å². The molecule has 0 N–H and O–H groups in total. The molecule has 3 rings (SSSR count). The van der Waals surface area contributed by atoms with Crippen molar-refractivity contribution in [2.75, 3.05) is 26.3 Å². The van der Waals surface area contributed by atoms with Crippen molar-refractivity contribution in [3.63, 3.8) is 0 Å². The largest absolute Gasteiger partial charge is 0.417 e. The van der Waals surface area contributed by atoms with Crippen molar-refractivity contribution in [2.24, 2.45) is 0 Å². The molecule has 2 atom stereocenters. The van der Waals surface area contributed by atoms with E-state index in [4.69, 9.17) is 9.47 Å². The lowest BCUT2D eigenvalue weighted by atomic mass is 10.0. The zero-order chi connectivity index (χ0) is 16.4. The maximum Gasteiger partial charge on any atom is 0.417 e. The van der Waals surface area contributed by atoms with Crippen molar-refractivity contribution in [2.45, 2.75) is 31.2 Å². The number of amides is 1. The fourth-order valence-corrected chi connectivity index (χ4v) is 3.07. The minimum Gasteiger partial charge on any atom is -0.375 e. The average Bonchev–Trinajstić information content (AvgIpc) is 3.08. The van der Waals surface area contributed by atoms with Gasteiger partial charge in [0.15, 0.2) is 0 Å². The molecule has 23 heavy (non-hydrogen) atoms. The molecule has 7 heteroatoms. The molecule has 2 aliphatic heterocycles. The Bertz CT molecular complexity index is 570. The average molecular weight is 329 g/mol. The predicted molar refractivity (Wildman–Crippen MR) is 76.1 cm³/mol. The highest BCUT2D eigenvalue weighted by Crippen LogP contribution is 2.32. The summed E-state index contributed by atoms with van der Waals surface area (Å²) < 4.78 is 50.4. The van der Waals surface area contributed by atoms with E-state index < -0.39 is 17.6 Å². The van der Waals surface area contributed by atoms with Gasteiger partial charge in [0.2, 0.25) is 0 Å². The van der Waals surface area contributed by atoms with Gasteiger partial charge in [0.25, 0.3) is 5.91 Å². The number of ether oxygens (including phenoxy) is 2. The Morgan fingerprint density at radius 3 is 2.57 bits per heavy atom. The van der Waals surface area contributed by atoms with Crippen LogP contribution in [0.1, 0.15) is 28.8 Å². The van der Waals surface area contributed by atoms with E-state index in [1.165, 1.54) is 23.1 Å². The van der Waals surface area contributed by atoms with Gasteiger partial charge in [-0.3, -0.25) is 4.79 Å². The van der Waals surface area contributed by atoms with E-state index in [0.717, 1.165) is 18.9 Å². The highest BCUT2D eigenvalue weighted by Gasteiger charge is 2.38. The minimum atomic E-state index is -4.55. The van der Waals surface area contributed by atoms with Gasteiger partial charge in [-0.15, -0.1) is 0 Å². The van der Waals surface area contributed by atoms with Gasteiger partial charge in [0.1, 0.15) is 6.10 Å². The SMILES string of the molecule is O=C(c1ccccc1C(F)(F)F)N1CCOC(C2CCCO2)C1. The number of halogens is 3. The number of carbonyl (C=O) groups excluding carboxylic acids is 1. The summed E-state index contributed by atoms with van der Waals surface area (Å²) in [5.74, 6) is -0.607. The highest BCUT2D eigenvalue weighted by atomic mass is 19.4. The summed E-state index contributed by atoms with van der Waals surface area (Å²) in [5.41, 5.74) is -1.21. The summed E-state index contributed by atoms with van der Waals surface area (Å²) in [6.07, 6.45) is -3.11. The van der Waals surface area contributed by atoms with E-state index in [0.29, 0.717) is 13.2 Å². The topological polar surface area (TPSA) is 38.8 Å². The molecule has 2 saturated heterocycles. The predicted octanol–water partition coefficient (Wildman–Crippen LogP) is 2.73. The van der Waals surface area contributed by atoms with Gasteiger partial charge >= 0.3 is 6.18 Å². The van der Waals surface area contributed by atoms with Crippen molar-refractivity contribution < 1.29 is 27.4 Å². The summed E-state index contributed by atoms with van der Waals surface area (Å²) in [6, 6.07) is 4.89. The Balaban J connectivity index is 1.77. The van der Waals surface area contributed by atoms with Crippen LogP contribution in [0.15, 0.2) is 24.3 Å². The molecule has 2 fully saturated rings. The van der Waals surface area contributed by atoms with Crippen molar-refractivity contribution in [3.8, 4) is 0 Å². The fraction of sp³-hybridized carbons (Fsp3) is 0.562. The molecule has 0 aliphatic carbocycles.